The van der Waals surface area contributed by atoms with Gasteiger partial charge in [-0.25, -0.2) is 0 Å². The van der Waals surface area contributed by atoms with Crippen molar-refractivity contribution in [1.29, 1.82) is 0 Å². The minimum atomic E-state index is 0.0560. The largest absolute Gasteiger partial charge is 0.392 e. The molecule has 0 bridgehead atoms. The van der Waals surface area contributed by atoms with Crippen LogP contribution in [0.5, 0.6) is 0 Å². The number of nitrogens with zero attached hydrogens (tertiary/aromatic N) is 1. The van der Waals surface area contributed by atoms with Crippen LogP contribution >= 0.6 is 0 Å². The lowest BCUT2D eigenvalue weighted by Crippen LogP contribution is -2.18. The van der Waals surface area contributed by atoms with Crippen molar-refractivity contribution in [1.82, 2.24) is 10.3 Å². The fraction of sp³-hybridized carbons (Fsp3) is 0.133. The quantitative estimate of drug-likeness (QED) is 0.741. The Bertz CT molecular complexity index is 523. The minimum Gasteiger partial charge on any atom is -0.392 e. The second-order valence-electron chi connectivity index (χ2n) is 4.17. The molecule has 4 nitrogen and oxygen atoms in total. The van der Waals surface area contributed by atoms with Gasteiger partial charge in [0.15, 0.2) is 0 Å². The second kappa shape index (κ2) is 6.56. The molecule has 0 radical (unpaired) electrons. The number of benzene rings is 1. The van der Waals surface area contributed by atoms with Crippen LogP contribution in [0.1, 0.15) is 11.1 Å². The van der Waals surface area contributed by atoms with Crippen LogP contribution in [0, 0.1) is 0 Å². The van der Waals surface area contributed by atoms with E-state index in [-0.39, 0.29) is 6.61 Å². The number of pyridine rings is 1. The van der Waals surface area contributed by atoms with Crippen molar-refractivity contribution in [3.8, 4) is 0 Å². The maximum Gasteiger partial charge on any atom is 0.0959 e. The average molecular weight is 255 g/mol. The van der Waals surface area contributed by atoms with Gasteiger partial charge < -0.3 is 15.7 Å². The molecule has 1 aromatic carbocycles. The first-order valence-electron chi connectivity index (χ1n) is 6.06. The summed E-state index contributed by atoms with van der Waals surface area (Å²) in [5.74, 6) is 0.723. The molecule has 0 saturated carbocycles. The van der Waals surface area contributed by atoms with Crippen molar-refractivity contribution in [2.75, 3.05) is 5.32 Å². The maximum atomic E-state index is 8.96. The Morgan fingerprint density at radius 2 is 1.95 bits per heavy atom. The van der Waals surface area contributed by atoms with E-state index in [1.165, 1.54) is 0 Å². The Labute approximate surface area is 112 Å². The number of nitrogens with one attached hydrogen (secondary N) is 2. The molecule has 0 aliphatic carbocycles. The number of hydrogen-bond acceptors (Lipinski definition) is 4. The Morgan fingerprint density at radius 1 is 1.16 bits per heavy atom. The van der Waals surface area contributed by atoms with Crippen molar-refractivity contribution in [2.45, 2.75) is 13.2 Å². The van der Waals surface area contributed by atoms with Crippen LogP contribution in [-0.4, -0.2) is 10.1 Å². The summed E-state index contributed by atoms with van der Waals surface area (Å²) in [4.78, 5) is 4.05. The van der Waals surface area contributed by atoms with Gasteiger partial charge in [0.1, 0.15) is 0 Å². The molecule has 0 fully saturated rings. The Balaban J connectivity index is 1.83. The molecule has 0 saturated heterocycles. The van der Waals surface area contributed by atoms with E-state index in [0.29, 0.717) is 6.54 Å². The molecule has 1 aromatic heterocycles. The molecule has 4 heteroatoms. The van der Waals surface area contributed by atoms with E-state index < -0.39 is 0 Å². The molecule has 2 aromatic rings. The highest BCUT2D eigenvalue weighted by Crippen LogP contribution is 2.10. The van der Waals surface area contributed by atoms with E-state index in [9.17, 15) is 0 Å². The van der Waals surface area contributed by atoms with Crippen molar-refractivity contribution in [3.63, 3.8) is 0 Å². The third-order valence-corrected chi connectivity index (χ3v) is 2.66. The van der Waals surface area contributed by atoms with Crippen LogP contribution < -0.4 is 10.6 Å². The number of aromatic nitrogens is 1. The summed E-state index contributed by atoms with van der Waals surface area (Å²) in [6.07, 6.45) is 3.57. The Hall–Kier alpha value is -2.33. The molecule has 0 spiro atoms. The highest BCUT2D eigenvalue weighted by atomic mass is 16.3. The van der Waals surface area contributed by atoms with Crippen molar-refractivity contribution in [2.24, 2.45) is 0 Å². The van der Waals surface area contributed by atoms with Gasteiger partial charge in [-0.1, -0.05) is 24.8 Å². The fourth-order valence-electron chi connectivity index (χ4n) is 1.62. The maximum absolute atomic E-state index is 8.96. The summed E-state index contributed by atoms with van der Waals surface area (Å²) in [7, 11) is 0. The van der Waals surface area contributed by atoms with E-state index in [4.69, 9.17) is 5.11 Å². The molecule has 98 valence electrons. The number of aliphatic hydroxyl groups is 1. The van der Waals surface area contributed by atoms with Gasteiger partial charge in [0.05, 0.1) is 12.4 Å². The number of anilines is 1. The average Bonchev–Trinajstić information content (AvgIpc) is 2.47. The first-order chi connectivity index (χ1) is 9.28. The highest BCUT2D eigenvalue weighted by Gasteiger charge is 1.97. The van der Waals surface area contributed by atoms with Gasteiger partial charge in [-0.15, -0.1) is 0 Å². The van der Waals surface area contributed by atoms with E-state index >= 15 is 0 Å². The predicted molar refractivity (Wildman–Crippen MR) is 76.2 cm³/mol. The standard InChI is InChI=1S/C15H17N3O/c1-12(17-10-14-3-2-8-16-9-14)18-15-6-4-13(11-19)5-7-15/h2-9,17-19H,1,10-11H2. The molecule has 0 aliphatic rings. The summed E-state index contributed by atoms with van der Waals surface area (Å²) >= 11 is 0. The van der Waals surface area contributed by atoms with Gasteiger partial charge in [-0.3, -0.25) is 4.98 Å². The molecular formula is C15H17N3O. The third kappa shape index (κ3) is 4.12. The Kier molecular flexibility index (Phi) is 4.53. The minimum absolute atomic E-state index is 0.0560. The van der Waals surface area contributed by atoms with Crippen LogP contribution in [-0.2, 0) is 13.2 Å². The second-order valence-corrected chi connectivity index (χ2v) is 4.17. The van der Waals surface area contributed by atoms with Crippen LogP contribution in [0.25, 0.3) is 0 Å². The smallest absolute Gasteiger partial charge is 0.0959 e. The molecule has 3 N–H and O–H groups in total. The monoisotopic (exact) mass is 255 g/mol. The third-order valence-electron chi connectivity index (χ3n) is 2.66. The summed E-state index contributed by atoms with van der Waals surface area (Å²) in [6.45, 7) is 4.65. The predicted octanol–water partition coefficient (Wildman–Crippen LogP) is 2.25. The fourth-order valence-corrected chi connectivity index (χ4v) is 1.62. The molecule has 1 heterocycles. The zero-order valence-electron chi connectivity index (χ0n) is 10.6. The van der Waals surface area contributed by atoms with Crippen LogP contribution in [0.15, 0.2) is 61.2 Å². The molecule has 2 rings (SSSR count). The van der Waals surface area contributed by atoms with Gasteiger partial charge >= 0.3 is 0 Å². The number of rotatable bonds is 6. The molecule has 0 amide bonds. The molecular weight excluding hydrogens is 238 g/mol. The lowest BCUT2D eigenvalue weighted by atomic mass is 10.2. The zero-order chi connectivity index (χ0) is 13.5. The van der Waals surface area contributed by atoms with Gasteiger partial charge in [0, 0.05) is 24.6 Å². The van der Waals surface area contributed by atoms with Crippen LogP contribution in [0.4, 0.5) is 5.69 Å². The van der Waals surface area contributed by atoms with Crippen LogP contribution in [0.3, 0.4) is 0 Å². The summed E-state index contributed by atoms with van der Waals surface area (Å²) in [5.41, 5.74) is 2.92. The molecule has 0 aliphatic heterocycles. The summed E-state index contributed by atoms with van der Waals surface area (Å²) < 4.78 is 0. The topological polar surface area (TPSA) is 57.2 Å². The first kappa shape index (κ1) is 13.1. The van der Waals surface area contributed by atoms with Crippen LogP contribution in [0.2, 0.25) is 0 Å². The Morgan fingerprint density at radius 3 is 2.58 bits per heavy atom. The summed E-state index contributed by atoms with van der Waals surface area (Å²) in [6, 6.07) is 11.5. The number of hydrogen-bond donors (Lipinski definition) is 3. The molecule has 19 heavy (non-hydrogen) atoms. The van der Waals surface area contributed by atoms with Crippen molar-refractivity contribution >= 4 is 5.69 Å². The SMILES string of the molecule is C=C(NCc1cccnc1)Nc1ccc(CO)cc1. The van der Waals surface area contributed by atoms with Gasteiger partial charge in [-0.05, 0) is 29.3 Å². The van der Waals surface area contributed by atoms with E-state index in [0.717, 1.165) is 22.6 Å². The van der Waals surface area contributed by atoms with E-state index in [2.05, 4.69) is 22.2 Å². The normalized spacial score (nSPS) is 9.95. The van der Waals surface area contributed by atoms with Gasteiger partial charge in [0.25, 0.3) is 0 Å². The number of aliphatic hydroxyl groups excluding tert-OH is 1. The zero-order valence-corrected chi connectivity index (χ0v) is 10.6. The van der Waals surface area contributed by atoms with E-state index in [1.54, 1.807) is 6.20 Å². The van der Waals surface area contributed by atoms with Crippen molar-refractivity contribution < 1.29 is 5.11 Å². The lowest BCUT2D eigenvalue weighted by Gasteiger charge is -2.12. The highest BCUT2D eigenvalue weighted by molar-refractivity contribution is 5.48. The summed E-state index contributed by atoms with van der Waals surface area (Å²) in [5, 5.41) is 15.3. The first-order valence-corrected chi connectivity index (χ1v) is 6.06. The van der Waals surface area contributed by atoms with Crippen molar-refractivity contribution in [3.05, 3.63) is 72.3 Å². The molecule has 0 unspecified atom stereocenters. The van der Waals surface area contributed by atoms with Gasteiger partial charge in [-0.2, -0.15) is 0 Å². The lowest BCUT2D eigenvalue weighted by molar-refractivity contribution is 0.282. The van der Waals surface area contributed by atoms with Gasteiger partial charge in [0.2, 0.25) is 0 Å². The molecule has 0 atom stereocenters. The van der Waals surface area contributed by atoms with E-state index in [1.807, 2.05) is 42.6 Å².